The molecule has 0 aliphatic heterocycles. The molecule has 0 bridgehead atoms. The van der Waals surface area contributed by atoms with Crippen molar-refractivity contribution in [3.8, 4) is 5.75 Å². The van der Waals surface area contributed by atoms with Gasteiger partial charge in [-0.15, -0.1) is 0 Å². The minimum atomic E-state index is -1.12. The largest absolute Gasteiger partial charge is 0.486 e. The van der Waals surface area contributed by atoms with Gasteiger partial charge in [-0.05, 0) is 31.2 Å². The van der Waals surface area contributed by atoms with Crippen LogP contribution in [0.25, 0.3) is 0 Å². The molecular weight excluding hydrogens is 248 g/mol. The maximum atomic E-state index is 11.2. The maximum Gasteiger partial charge on any atom is 0.371 e. The third-order valence-electron chi connectivity index (χ3n) is 2.49. The zero-order valence-corrected chi connectivity index (χ0v) is 10.3. The van der Waals surface area contributed by atoms with E-state index in [2.05, 4.69) is 0 Å². The molecule has 0 unspecified atom stereocenters. The molecule has 0 saturated carbocycles. The third-order valence-corrected chi connectivity index (χ3v) is 2.49. The highest BCUT2D eigenvalue weighted by Crippen LogP contribution is 2.16. The second-order valence-electron chi connectivity index (χ2n) is 3.94. The molecule has 98 valence electrons. The van der Waals surface area contributed by atoms with Crippen LogP contribution in [-0.2, 0) is 6.61 Å². The highest BCUT2D eigenvalue weighted by atomic mass is 16.5. The van der Waals surface area contributed by atoms with Crippen LogP contribution in [0.4, 0.5) is 0 Å². The Kier molecular flexibility index (Phi) is 3.66. The molecule has 0 amide bonds. The van der Waals surface area contributed by atoms with Crippen LogP contribution >= 0.6 is 0 Å². The third kappa shape index (κ3) is 3.22. The topological polar surface area (TPSA) is 76.7 Å². The molecule has 2 rings (SSSR count). The standard InChI is InChI=1S/C14H12O5/c1-9(15)10-3-2-4-11(7-10)18-8-12-5-6-13(19-12)14(16)17/h2-7H,8H2,1H3,(H,16,17). The lowest BCUT2D eigenvalue weighted by atomic mass is 10.1. The number of ether oxygens (including phenoxy) is 1. The van der Waals surface area contributed by atoms with Crippen molar-refractivity contribution in [1.82, 2.24) is 0 Å². The number of carboxylic acid groups (broad SMARTS) is 1. The Hall–Kier alpha value is -2.56. The molecule has 5 nitrogen and oxygen atoms in total. The number of carboxylic acids is 1. The van der Waals surface area contributed by atoms with E-state index in [1.807, 2.05) is 0 Å². The van der Waals surface area contributed by atoms with E-state index in [4.69, 9.17) is 14.3 Å². The van der Waals surface area contributed by atoms with Crippen molar-refractivity contribution in [2.24, 2.45) is 0 Å². The lowest BCUT2D eigenvalue weighted by molar-refractivity contribution is 0.0658. The molecule has 0 atom stereocenters. The monoisotopic (exact) mass is 260 g/mol. The van der Waals surface area contributed by atoms with Crippen LogP contribution in [0.2, 0.25) is 0 Å². The summed E-state index contributed by atoms with van der Waals surface area (Å²) in [5.74, 6) is -0.357. The summed E-state index contributed by atoms with van der Waals surface area (Å²) < 4.78 is 10.5. The van der Waals surface area contributed by atoms with Crippen LogP contribution in [-0.4, -0.2) is 16.9 Å². The molecule has 0 radical (unpaired) electrons. The summed E-state index contributed by atoms with van der Waals surface area (Å²) in [5, 5.41) is 8.71. The minimum absolute atomic E-state index is 0.0448. The van der Waals surface area contributed by atoms with Gasteiger partial charge in [-0.3, -0.25) is 4.79 Å². The van der Waals surface area contributed by atoms with Gasteiger partial charge in [0.2, 0.25) is 5.76 Å². The fourth-order valence-corrected chi connectivity index (χ4v) is 1.53. The molecule has 2 aromatic rings. The molecule has 1 aromatic carbocycles. The van der Waals surface area contributed by atoms with Crippen molar-refractivity contribution < 1.29 is 23.8 Å². The van der Waals surface area contributed by atoms with Gasteiger partial charge in [-0.1, -0.05) is 12.1 Å². The fourth-order valence-electron chi connectivity index (χ4n) is 1.53. The van der Waals surface area contributed by atoms with Crippen LogP contribution in [0.1, 0.15) is 33.6 Å². The predicted octanol–water partition coefficient (Wildman–Crippen LogP) is 2.76. The van der Waals surface area contributed by atoms with E-state index in [1.54, 1.807) is 24.3 Å². The number of hydrogen-bond donors (Lipinski definition) is 1. The zero-order chi connectivity index (χ0) is 13.8. The van der Waals surface area contributed by atoms with Crippen LogP contribution in [0.5, 0.6) is 5.75 Å². The first-order valence-electron chi connectivity index (χ1n) is 5.62. The Morgan fingerprint density at radius 1 is 1.26 bits per heavy atom. The molecule has 0 spiro atoms. The summed E-state index contributed by atoms with van der Waals surface area (Å²) >= 11 is 0. The lowest BCUT2D eigenvalue weighted by Gasteiger charge is -2.05. The second-order valence-corrected chi connectivity index (χ2v) is 3.94. The van der Waals surface area contributed by atoms with E-state index in [1.165, 1.54) is 19.1 Å². The Balaban J connectivity index is 2.03. The van der Waals surface area contributed by atoms with Crippen LogP contribution < -0.4 is 4.74 Å². The summed E-state index contributed by atoms with van der Waals surface area (Å²) in [6.45, 7) is 1.58. The number of hydrogen-bond acceptors (Lipinski definition) is 4. The number of Topliss-reactive ketones (excluding diaryl/α,β-unsaturated/α-hetero) is 1. The number of furan rings is 1. The molecule has 0 saturated heterocycles. The number of aromatic carboxylic acids is 1. The van der Waals surface area contributed by atoms with Gasteiger partial charge in [0.1, 0.15) is 18.1 Å². The molecule has 5 heteroatoms. The van der Waals surface area contributed by atoms with Gasteiger partial charge in [0.05, 0.1) is 0 Å². The molecule has 1 aromatic heterocycles. The highest BCUT2D eigenvalue weighted by molar-refractivity contribution is 5.94. The van der Waals surface area contributed by atoms with Crippen LogP contribution in [0, 0.1) is 0 Å². The molecule has 0 aliphatic carbocycles. The van der Waals surface area contributed by atoms with Gasteiger partial charge >= 0.3 is 5.97 Å². The van der Waals surface area contributed by atoms with E-state index in [0.29, 0.717) is 17.1 Å². The van der Waals surface area contributed by atoms with E-state index >= 15 is 0 Å². The van der Waals surface area contributed by atoms with Crippen molar-refractivity contribution in [2.75, 3.05) is 0 Å². The average molecular weight is 260 g/mol. The summed E-state index contributed by atoms with van der Waals surface area (Å²) in [6.07, 6.45) is 0. The van der Waals surface area contributed by atoms with E-state index < -0.39 is 5.97 Å². The van der Waals surface area contributed by atoms with Gasteiger partial charge in [0.25, 0.3) is 0 Å². The number of carbonyl (C=O) groups excluding carboxylic acids is 1. The van der Waals surface area contributed by atoms with Gasteiger partial charge in [0.15, 0.2) is 5.78 Å². The number of ketones is 1. The first kappa shape index (κ1) is 12.9. The molecular formula is C14H12O5. The first-order valence-corrected chi connectivity index (χ1v) is 5.62. The molecule has 19 heavy (non-hydrogen) atoms. The van der Waals surface area contributed by atoms with Gasteiger partial charge in [-0.2, -0.15) is 0 Å². The average Bonchev–Trinajstić information content (AvgIpc) is 2.85. The van der Waals surface area contributed by atoms with E-state index in [0.717, 1.165) is 0 Å². The quantitative estimate of drug-likeness (QED) is 0.836. The summed E-state index contributed by atoms with van der Waals surface area (Å²) in [6, 6.07) is 9.67. The van der Waals surface area contributed by atoms with E-state index in [9.17, 15) is 9.59 Å². The first-order chi connectivity index (χ1) is 9.06. The van der Waals surface area contributed by atoms with E-state index in [-0.39, 0.29) is 18.2 Å². The number of benzene rings is 1. The van der Waals surface area contributed by atoms with Gasteiger partial charge in [-0.25, -0.2) is 4.79 Å². The smallest absolute Gasteiger partial charge is 0.371 e. The summed E-state index contributed by atoms with van der Waals surface area (Å²) in [7, 11) is 0. The summed E-state index contributed by atoms with van der Waals surface area (Å²) in [5.41, 5.74) is 0.558. The minimum Gasteiger partial charge on any atom is -0.486 e. The number of rotatable bonds is 5. The van der Waals surface area contributed by atoms with Gasteiger partial charge < -0.3 is 14.3 Å². The van der Waals surface area contributed by atoms with Crippen molar-refractivity contribution in [2.45, 2.75) is 13.5 Å². The maximum absolute atomic E-state index is 11.2. The Bertz CT molecular complexity index is 612. The molecule has 0 aliphatic rings. The van der Waals surface area contributed by atoms with Crippen molar-refractivity contribution in [1.29, 1.82) is 0 Å². The zero-order valence-electron chi connectivity index (χ0n) is 10.3. The van der Waals surface area contributed by atoms with Crippen molar-refractivity contribution >= 4 is 11.8 Å². The lowest BCUT2D eigenvalue weighted by Crippen LogP contribution is -1.97. The van der Waals surface area contributed by atoms with Crippen molar-refractivity contribution in [3.05, 3.63) is 53.5 Å². The normalized spacial score (nSPS) is 10.2. The Morgan fingerprint density at radius 3 is 2.68 bits per heavy atom. The fraction of sp³-hybridized carbons (Fsp3) is 0.143. The second kappa shape index (κ2) is 5.39. The Labute approximate surface area is 109 Å². The van der Waals surface area contributed by atoms with Crippen molar-refractivity contribution in [3.63, 3.8) is 0 Å². The highest BCUT2D eigenvalue weighted by Gasteiger charge is 2.09. The van der Waals surface area contributed by atoms with Gasteiger partial charge in [0, 0.05) is 5.56 Å². The molecule has 1 N–H and O–H groups in total. The SMILES string of the molecule is CC(=O)c1cccc(OCc2ccc(C(=O)O)o2)c1. The van der Waals surface area contributed by atoms with Crippen LogP contribution in [0.15, 0.2) is 40.8 Å². The van der Waals surface area contributed by atoms with Crippen LogP contribution in [0.3, 0.4) is 0 Å². The Morgan fingerprint density at radius 2 is 2.05 bits per heavy atom. The molecule has 1 heterocycles. The predicted molar refractivity (Wildman–Crippen MR) is 66.4 cm³/mol. The number of carbonyl (C=O) groups is 2. The summed E-state index contributed by atoms with van der Waals surface area (Å²) in [4.78, 5) is 21.8. The molecule has 0 fully saturated rings.